The number of rotatable bonds is 3. The number of carbonyl (C=O) groups excluding carboxylic acids is 1. The number of hydrogen-bond donors (Lipinski definition) is 1. The van der Waals surface area contributed by atoms with Crippen molar-refractivity contribution in [1.82, 2.24) is 10.2 Å². The molecule has 2 aliphatic heterocycles. The van der Waals surface area contributed by atoms with Crippen LogP contribution in [0.2, 0.25) is 0 Å². The quantitative estimate of drug-likeness (QED) is 0.908. The van der Waals surface area contributed by atoms with E-state index in [1.54, 1.807) is 13.2 Å². The molecule has 2 saturated heterocycles. The van der Waals surface area contributed by atoms with Crippen LogP contribution >= 0.6 is 0 Å². The summed E-state index contributed by atoms with van der Waals surface area (Å²) in [4.78, 5) is 16.5. The van der Waals surface area contributed by atoms with E-state index >= 15 is 0 Å². The Balaban J connectivity index is 1.63. The predicted octanol–water partition coefficient (Wildman–Crippen LogP) is 1.09. The van der Waals surface area contributed by atoms with Gasteiger partial charge in [-0.1, -0.05) is 0 Å². The maximum Gasteiger partial charge on any atom is 0.227 e. The Labute approximate surface area is 130 Å². The Hall–Kier alpha value is -1.82. The van der Waals surface area contributed by atoms with Gasteiger partial charge in [0.15, 0.2) is 0 Å². The van der Waals surface area contributed by atoms with Crippen LogP contribution in [0.25, 0.3) is 0 Å². The molecule has 6 heteroatoms. The lowest BCUT2D eigenvalue weighted by molar-refractivity contribution is -0.135. The molecule has 3 rings (SSSR count). The fourth-order valence-electron chi connectivity index (χ4n) is 3.20. The average molecular weight is 307 g/mol. The normalized spacial score (nSPS) is 22.0. The lowest BCUT2D eigenvalue weighted by Gasteiger charge is -2.37. The van der Waals surface area contributed by atoms with E-state index in [0.717, 1.165) is 38.3 Å². The smallest absolute Gasteiger partial charge is 0.227 e. The predicted molar refractivity (Wildman–Crippen MR) is 82.7 cm³/mol. The standard InChI is InChI=1S/C16H22FN3O2/c1-22-15-10-13(17)2-3-14(15)19-6-8-20(9-7-19)16(21)12-4-5-18-11-12/h2-3,10,12,18H,4-9,11H2,1H3. The molecule has 0 aliphatic carbocycles. The molecule has 0 saturated carbocycles. The molecule has 1 amide bonds. The zero-order chi connectivity index (χ0) is 15.5. The van der Waals surface area contributed by atoms with Crippen molar-refractivity contribution in [3.05, 3.63) is 24.0 Å². The van der Waals surface area contributed by atoms with Crippen molar-refractivity contribution in [1.29, 1.82) is 0 Å². The van der Waals surface area contributed by atoms with Gasteiger partial charge in [0.25, 0.3) is 0 Å². The van der Waals surface area contributed by atoms with Gasteiger partial charge in [0.2, 0.25) is 5.91 Å². The van der Waals surface area contributed by atoms with Gasteiger partial charge < -0.3 is 19.9 Å². The number of benzene rings is 1. The summed E-state index contributed by atoms with van der Waals surface area (Å²) in [7, 11) is 1.55. The van der Waals surface area contributed by atoms with Gasteiger partial charge in [0, 0.05) is 38.8 Å². The maximum atomic E-state index is 13.3. The summed E-state index contributed by atoms with van der Waals surface area (Å²) < 4.78 is 18.5. The van der Waals surface area contributed by atoms with Crippen LogP contribution < -0.4 is 15.0 Å². The zero-order valence-electron chi connectivity index (χ0n) is 12.8. The number of nitrogens with one attached hydrogen (secondary N) is 1. The number of anilines is 1. The zero-order valence-corrected chi connectivity index (χ0v) is 12.8. The average Bonchev–Trinajstić information content (AvgIpc) is 3.08. The molecule has 1 aromatic carbocycles. The van der Waals surface area contributed by atoms with Crippen LogP contribution in [0.3, 0.4) is 0 Å². The molecule has 5 nitrogen and oxygen atoms in total. The first-order valence-corrected chi connectivity index (χ1v) is 7.77. The Kier molecular flexibility index (Phi) is 4.47. The topological polar surface area (TPSA) is 44.8 Å². The van der Waals surface area contributed by atoms with E-state index in [4.69, 9.17) is 4.74 Å². The van der Waals surface area contributed by atoms with Gasteiger partial charge in [-0.15, -0.1) is 0 Å². The number of nitrogens with zero attached hydrogens (tertiary/aromatic N) is 2. The lowest BCUT2D eigenvalue weighted by Crippen LogP contribution is -2.50. The summed E-state index contributed by atoms with van der Waals surface area (Å²) in [5, 5.41) is 3.24. The molecule has 0 aromatic heterocycles. The van der Waals surface area contributed by atoms with Crippen LogP contribution in [0.5, 0.6) is 5.75 Å². The minimum atomic E-state index is -0.303. The number of carbonyl (C=O) groups is 1. The monoisotopic (exact) mass is 307 g/mol. The molecule has 1 aromatic rings. The van der Waals surface area contributed by atoms with Gasteiger partial charge in [-0.25, -0.2) is 4.39 Å². The third-order valence-electron chi connectivity index (χ3n) is 4.48. The third kappa shape index (κ3) is 3.02. The number of hydrogen-bond acceptors (Lipinski definition) is 4. The van der Waals surface area contributed by atoms with Crippen molar-refractivity contribution in [2.24, 2.45) is 5.92 Å². The number of methoxy groups -OCH3 is 1. The number of piperazine rings is 1. The summed E-state index contributed by atoms with van der Waals surface area (Å²) in [6.45, 7) is 4.63. The summed E-state index contributed by atoms with van der Waals surface area (Å²) in [6, 6.07) is 4.59. The van der Waals surface area contributed by atoms with Crippen LogP contribution in [0.1, 0.15) is 6.42 Å². The first-order chi connectivity index (χ1) is 10.7. The van der Waals surface area contributed by atoms with E-state index < -0.39 is 0 Å². The van der Waals surface area contributed by atoms with Gasteiger partial charge in [0.1, 0.15) is 11.6 Å². The first kappa shape index (κ1) is 15.1. The molecule has 2 heterocycles. The van der Waals surface area contributed by atoms with Crippen LogP contribution in [-0.2, 0) is 4.79 Å². The summed E-state index contributed by atoms with van der Waals surface area (Å²) in [5.74, 6) is 0.630. The van der Waals surface area contributed by atoms with Gasteiger partial charge in [-0.05, 0) is 25.1 Å². The van der Waals surface area contributed by atoms with Crippen molar-refractivity contribution in [2.45, 2.75) is 6.42 Å². The molecular weight excluding hydrogens is 285 g/mol. The van der Waals surface area contributed by atoms with E-state index in [1.165, 1.54) is 12.1 Å². The van der Waals surface area contributed by atoms with Gasteiger partial charge >= 0.3 is 0 Å². The molecular formula is C16H22FN3O2. The molecule has 0 radical (unpaired) electrons. The van der Waals surface area contributed by atoms with Crippen LogP contribution in [-0.4, -0.2) is 57.2 Å². The largest absolute Gasteiger partial charge is 0.494 e. The van der Waals surface area contributed by atoms with Gasteiger partial charge in [0.05, 0.1) is 18.7 Å². The van der Waals surface area contributed by atoms with E-state index in [0.29, 0.717) is 18.8 Å². The second-order valence-electron chi connectivity index (χ2n) is 5.82. The number of halogens is 1. The minimum absolute atomic E-state index is 0.131. The second kappa shape index (κ2) is 6.52. The molecule has 1 N–H and O–H groups in total. The van der Waals surface area contributed by atoms with E-state index in [-0.39, 0.29) is 17.6 Å². The summed E-state index contributed by atoms with van der Waals surface area (Å²) in [5.41, 5.74) is 0.888. The minimum Gasteiger partial charge on any atom is -0.494 e. The van der Waals surface area contributed by atoms with Crippen molar-refractivity contribution in [3.8, 4) is 5.75 Å². The van der Waals surface area contributed by atoms with Crippen molar-refractivity contribution >= 4 is 11.6 Å². The molecule has 0 spiro atoms. The molecule has 120 valence electrons. The highest BCUT2D eigenvalue weighted by molar-refractivity contribution is 5.79. The van der Waals surface area contributed by atoms with Crippen molar-refractivity contribution in [2.75, 3.05) is 51.3 Å². The molecule has 2 aliphatic rings. The number of amides is 1. The molecule has 1 atom stereocenters. The highest BCUT2D eigenvalue weighted by atomic mass is 19.1. The second-order valence-corrected chi connectivity index (χ2v) is 5.82. The highest BCUT2D eigenvalue weighted by Gasteiger charge is 2.29. The Morgan fingerprint density at radius 2 is 2.09 bits per heavy atom. The van der Waals surface area contributed by atoms with E-state index in [2.05, 4.69) is 10.2 Å². The molecule has 1 unspecified atom stereocenters. The van der Waals surface area contributed by atoms with Gasteiger partial charge in [-0.2, -0.15) is 0 Å². The molecule has 0 bridgehead atoms. The van der Waals surface area contributed by atoms with Crippen molar-refractivity contribution in [3.63, 3.8) is 0 Å². The van der Waals surface area contributed by atoms with Crippen LogP contribution in [0, 0.1) is 11.7 Å². The lowest BCUT2D eigenvalue weighted by atomic mass is 10.1. The Morgan fingerprint density at radius 1 is 1.32 bits per heavy atom. The maximum absolute atomic E-state index is 13.3. The van der Waals surface area contributed by atoms with Crippen LogP contribution in [0.4, 0.5) is 10.1 Å². The van der Waals surface area contributed by atoms with Crippen LogP contribution in [0.15, 0.2) is 18.2 Å². The van der Waals surface area contributed by atoms with E-state index in [1.807, 2.05) is 4.90 Å². The summed E-state index contributed by atoms with van der Waals surface area (Å²) in [6.07, 6.45) is 0.935. The third-order valence-corrected chi connectivity index (χ3v) is 4.48. The van der Waals surface area contributed by atoms with Gasteiger partial charge in [-0.3, -0.25) is 4.79 Å². The molecule has 22 heavy (non-hydrogen) atoms. The fourth-order valence-corrected chi connectivity index (χ4v) is 3.20. The number of ether oxygens (including phenoxy) is 1. The Bertz CT molecular complexity index is 538. The molecule has 2 fully saturated rings. The fraction of sp³-hybridized carbons (Fsp3) is 0.562. The van der Waals surface area contributed by atoms with E-state index in [9.17, 15) is 9.18 Å². The Morgan fingerprint density at radius 3 is 2.73 bits per heavy atom. The highest BCUT2D eigenvalue weighted by Crippen LogP contribution is 2.30. The summed E-state index contributed by atoms with van der Waals surface area (Å²) >= 11 is 0. The van der Waals surface area contributed by atoms with Crippen molar-refractivity contribution < 1.29 is 13.9 Å². The SMILES string of the molecule is COc1cc(F)ccc1N1CCN(C(=O)C2CCNC2)CC1. The first-order valence-electron chi connectivity index (χ1n) is 7.77.